The largest absolute Gasteiger partial charge is 0.284 e. The highest BCUT2D eigenvalue weighted by molar-refractivity contribution is 6.26. The SMILES string of the molecule is CCCCCCCC[n+]1c2c(n(CCCCCC)c1C)C(=O)c1ccccc1C2=O. The lowest BCUT2D eigenvalue weighted by molar-refractivity contribution is -0.704. The highest BCUT2D eigenvalue weighted by atomic mass is 16.1. The second kappa shape index (κ2) is 10.7. The number of fused-ring (bicyclic) bond motifs is 2. The van der Waals surface area contributed by atoms with Gasteiger partial charge in [0.25, 0.3) is 5.82 Å². The fourth-order valence-electron chi connectivity index (χ4n) is 4.61. The van der Waals surface area contributed by atoms with E-state index in [4.69, 9.17) is 0 Å². The van der Waals surface area contributed by atoms with Gasteiger partial charge >= 0.3 is 0 Å². The van der Waals surface area contributed by atoms with Crippen molar-refractivity contribution in [1.82, 2.24) is 4.57 Å². The first-order valence-corrected chi connectivity index (χ1v) is 11.9. The quantitative estimate of drug-likeness (QED) is 0.280. The monoisotopic (exact) mass is 409 g/mol. The van der Waals surface area contributed by atoms with E-state index < -0.39 is 0 Å². The van der Waals surface area contributed by atoms with Gasteiger partial charge in [0, 0.05) is 18.1 Å². The van der Waals surface area contributed by atoms with Crippen LogP contribution in [0.2, 0.25) is 0 Å². The van der Waals surface area contributed by atoms with Gasteiger partial charge in [-0.3, -0.25) is 9.59 Å². The Morgan fingerprint density at radius 3 is 2.00 bits per heavy atom. The summed E-state index contributed by atoms with van der Waals surface area (Å²) in [4.78, 5) is 26.8. The van der Waals surface area contributed by atoms with E-state index in [-0.39, 0.29) is 11.6 Å². The minimum atomic E-state index is 0.000451. The molecule has 0 spiro atoms. The van der Waals surface area contributed by atoms with Crippen LogP contribution in [0.4, 0.5) is 0 Å². The number of ketones is 2. The molecule has 1 aliphatic rings. The molecule has 1 aliphatic carbocycles. The summed E-state index contributed by atoms with van der Waals surface area (Å²) in [5.74, 6) is 1.04. The Balaban J connectivity index is 1.90. The van der Waals surface area contributed by atoms with Gasteiger partial charge in [0.15, 0.2) is 0 Å². The average Bonchev–Trinajstić information content (AvgIpc) is 3.04. The Hall–Kier alpha value is -2.23. The molecular formula is C26H37N2O2+. The van der Waals surface area contributed by atoms with E-state index in [0.29, 0.717) is 22.5 Å². The molecule has 1 heterocycles. The molecule has 1 aromatic heterocycles. The molecule has 2 aromatic rings. The highest BCUT2D eigenvalue weighted by Crippen LogP contribution is 2.27. The average molecular weight is 410 g/mol. The lowest BCUT2D eigenvalue weighted by Gasteiger charge is -2.13. The first kappa shape index (κ1) is 22.5. The number of carbonyl (C=O) groups is 2. The number of carbonyl (C=O) groups excluding carboxylic acids is 2. The highest BCUT2D eigenvalue weighted by Gasteiger charge is 2.42. The number of nitrogens with zero attached hydrogens (tertiary/aromatic N) is 2. The second-order valence-corrected chi connectivity index (χ2v) is 8.58. The van der Waals surface area contributed by atoms with E-state index in [0.717, 1.165) is 38.2 Å². The van der Waals surface area contributed by atoms with Gasteiger partial charge < -0.3 is 0 Å². The summed E-state index contributed by atoms with van der Waals surface area (Å²) in [6.07, 6.45) is 11.9. The van der Waals surface area contributed by atoms with Crippen LogP contribution in [0, 0.1) is 6.92 Å². The van der Waals surface area contributed by atoms with Crippen LogP contribution in [-0.4, -0.2) is 16.1 Å². The molecule has 4 heteroatoms. The van der Waals surface area contributed by atoms with E-state index in [1.165, 1.54) is 44.9 Å². The van der Waals surface area contributed by atoms with Gasteiger partial charge in [0.1, 0.15) is 0 Å². The predicted octanol–water partition coefficient (Wildman–Crippen LogP) is 5.80. The lowest BCUT2D eigenvalue weighted by Crippen LogP contribution is -2.43. The lowest BCUT2D eigenvalue weighted by atomic mass is 9.90. The van der Waals surface area contributed by atoms with Crippen molar-refractivity contribution in [3.05, 3.63) is 52.6 Å². The maximum atomic E-state index is 13.4. The van der Waals surface area contributed by atoms with Crippen molar-refractivity contribution in [2.24, 2.45) is 0 Å². The van der Waals surface area contributed by atoms with Gasteiger partial charge in [0.05, 0.1) is 13.1 Å². The predicted molar refractivity (Wildman–Crippen MR) is 120 cm³/mol. The van der Waals surface area contributed by atoms with Crippen molar-refractivity contribution in [2.45, 2.75) is 98.1 Å². The van der Waals surface area contributed by atoms with Gasteiger partial charge in [-0.1, -0.05) is 76.6 Å². The third-order valence-electron chi connectivity index (χ3n) is 6.36. The molecule has 0 saturated heterocycles. The number of imidazole rings is 1. The fourth-order valence-corrected chi connectivity index (χ4v) is 4.61. The second-order valence-electron chi connectivity index (χ2n) is 8.58. The molecule has 3 rings (SSSR count). The minimum Gasteiger partial charge on any atom is -0.284 e. The van der Waals surface area contributed by atoms with Crippen molar-refractivity contribution in [2.75, 3.05) is 0 Å². The normalized spacial score (nSPS) is 12.9. The van der Waals surface area contributed by atoms with Crippen LogP contribution in [0.15, 0.2) is 24.3 Å². The summed E-state index contributed by atoms with van der Waals surface area (Å²) in [5.41, 5.74) is 2.32. The molecule has 0 fully saturated rings. The Morgan fingerprint density at radius 2 is 1.33 bits per heavy atom. The smallest absolute Gasteiger partial charge is 0.254 e. The van der Waals surface area contributed by atoms with Gasteiger partial charge in [0.2, 0.25) is 23.0 Å². The summed E-state index contributed by atoms with van der Waals surface area (Å²) in [6, 6.07) is 7.28. The molecule has 162 valence electrons. The van der Waals surface area contributed by atoms with Gasteiger partial charge in [-0.2, -0.15) is 0 Å². The van der Waals surface area contributed by atoms with Crippen LogP contribution in [-0.2, 0) is 13.1 Å². The number of aromatic nitrogens is 2. The van der Waals surface area contributed by atoms with E-state index >= 15 is 0 Å². The van der Waals surface area contributed by atoms with Crippen molar-refractivity contribution < 1.29 is 14.2 Å². The molecule has 0 aliphatic heterocycles. The number of rotatable bonds is 12. The summed E-state index contributed by atoms with van der Waals surface area (Å²) >= 11 is 0. The van der Waals surface area contributed by atoms with Crippen LogP contribution < -0.4 is 4.57 Å². The molecule has 1 aromatic carbocycles. The standard InChI is InChI=1S/C26H37N2O2/c1-4-6-8-10-11-15-19-28-20(3)27(18-14-9-7-5-2)23-24(28)26(30)22-17-13-12-16-21(22)25(23)29/h12-13,16-17H,4-11,14-15,18-19H2,1-3H3/q+1. The molecule has 0 saturated carbocycles. The Labute approximate surface area is 181 Å². The third kappa shape index (κ3) is 4.58. The van der Waals surface area contributed by atoms with E-state index in [9.17, 15) is 9.59 Å². The van der Waals surface area contributed by atoms with Gasteiger partial charge in [-0.25, -0.2) is 9.13 Å². The zero-order valence-corrected chi connectivity index (χ0v) is 19.0. The molecule has 30 heavy (non-hydrogen) atoms. The van der Waals surface area contributed by atoms with Crippen LogP contribution in [0.25, 0.3) is 0 Å². The Morgan fingerprint density at radius 1 is 0.767 bits per heavy atom. The number of hydrogen-bond donors (Lipinski definition) is 0. The minimum absolute atomic E-state index is 0.000451. The van der Waals surface area contributed by atoms with Crippen molar-refractivity contribution in [3.63, 3.8) is 0 Å². The summed E-state index contributed by atoms with van der Waals surface area (Å²) in [5, 5.41) is 0. The van der Waals surface area contributed by atoms with Gasteiger partial charge in [-0.15, -0.1) is 0 Å². The fraction of sp³-hybridized carbons (Fsp3) is 0.577. The molecular weight excluding hydrogens is 372 g/mol. The first-order chi connectivity index (χ1) is 14.6. The molecule has 0 N–H and O–H groups in total. The maximum absolute atomic E-state index is 13.4. The molecule has 0 unspecified atom stereocenters. The van der Waals surface area contributed by atoms with E-state index in [1.54, 1.807) is 12.1 Å². The summed E-state index contributed by atoms with van der Waals surface area (Å²) < 4.78 is 4.25. The summed E-state index contributed by atoms with van der Waals surface area (Å²) in [6.45, 7) is 8.12. The molecule has 0 atom stereocenters. The van der Waals surface area contributed by atoms with E-state index in [1.807, 2.05) is 12.1 Å². The third-order valence-corrected chi connectivity index (χ3v) is 6.36. The zero-order chi connectivity index (χ0) is 21.5. The number of benzene rings is 1. The molecule has 0 radical (unpaired) electrons. The number of unbranched alkanes of at least 4 members (excludes halogenated alkanes) is 8. The van der Waals surface area contributed by atoms with Crippen LogP contribution in [0.1, 0.15) is 116 Å². The first-order valence-electron chi connectivity index (χ1n) is 11.9. The van der Waals surface area contributed by atoms with Crippen LogP contribution in [0.5, 0.6) is 0 Å². The maximum Gasteiger partial charge on any atom is 0.254 e. The zero-order valence-electron chi connectivity index (χ0n) is 19.0. The molecule has 0 amide bonds. The van der Waals surface area contributed by atoms with Crippen LogP contribution in [0.3, 0.4) is 0 Å². The van der Waals surface area contributed by atoms with Crippen molar-refractivity contribution in [3.8, 4) is 0 Å². The van der Waals surface area contributed by atoms with Crippen molar-refractivity contribution in [1.29, 1.82) is 0 Å². The van der Waals surface area contributed by atoms with E-state index in [2.05, 4.69) is 29.9 Å². The Bertz CT molecular complexity index is 895. The Kier molecular flexibility index (Phi) is 8.01. The topological polar surface area (TPSA) is 43.0 Å². The summed E-state index contributed by atoms with van der Waals surface area (Å²) in [7, 11) is 0. The van der Waals surface area contributed by atoms with Crippen LogP contribution >= 0.6 is 0 Å². The molecule has 4 nitrogen and oxygen atoms in total. The number of hydrogen-bond acceptors (Lipinski definition) is 2. The molecule has 0 bridgehead atoms. The van der Waals surface area contributed by atoms with Crippen molar-refractivity contribution >= 4 is 11.6 Å². The van der Waals surface area contributed by atoms with Gasteiger partial charge in [-0.05, 0) is 25.7 Å².